The van der Waals surface area contributed by atoms with Gasteiger partial charge in [0, 0.05) is 5.56 Å². The van der Waals surface area contributed by atoms with Crippen LogP contribution in [0.3, 0.4) is 0 Å². The third-order valence-electron chi connectivity index (χ3n) is 5.41. The Bertz CT molecular complexity index is 1450. The maximum Gasteiger partial charge on any atom is 0.338 e. The Balaban J connectivity index is 1.94. The molecule has 0 saturated heterocycles. The average Bonchev–Trinajstić information content (AvgIpc) is 3.16. The van der Waals surface area contributed by atoms with Crippen molar-refractivity contribution in [2.45, 2.75) is 13.0 Å². The summed E-state index contributed by atoms with van der Waals surface area (Å²) in [4.78, 5) is 31.7. The summed E-state index contributed by atoms with van der Waals surface area (Å²) in [7, 11) is 3.11. The molecule has 1 unspecified atom stereocenters. The smallest absolute Gasteiger partial charge is 0.338 e. The van der Waals surface area contributed by atoms with Gasteiger partial charge in [-0.15, -0.1) is 0 Å². The first kappa shape index (κ1) is 23.3. The van der Waals surface area contributed by atoms with E-state index in [-0.39, 0.29) is 12.2 Å². The largest absolute Gasteiger partial charge is 0.493 e. The van der Waals surface area contributed by atoms with Crippen LogP contribution in [-0.2, 0) is 9.53 Å². The van der Waals surface area contributed by atoms with Crippen molar-refractivity contribution >= 4 is 23.4 Å². The van der Waals surface area contributed by atoms with Gasteiger partial charge in [-0.25, -0.2) is 9.79 Å². The SMILES string of the molecule is C=CCOC(=O)C1=C(C)N=c2s/c(=C/c3cccc(OC)c3OC)c(=O)n2C1c1ccccc1. The number of hydrogen-bond donors (Lipinski definition) is 0. The number of thiazole rings is 1. The van der Waals surface area contributed by atoms with E-state index in [0.717, 1.165) is 5.56 Å². The van der Waals surface area contributed by atoms with Crippen LogP contribution < -0.4 is 24.4 Å². The molecule has 174 valence electrons. The van der Waals surface area contributed by atoms with Crippen molar-refractivity contribution in [3.8, 4) is 11.5 Å². The molecule has 34 heavy (non-hydrogen) atoms. The summed E-state index contributed by atoms with van der Waals surface area (Å²) >= 11 is 1.25. The predicted molar refractivity (Wildman–Crippen MR) is 131 cm³/mol. The molecule has 2 aromatic carbocycles. The molecule has 0 saturated carbocycles. The van der Waals surface area contributed by atoms with E-state index in [2.05, 4.69) is 11.6 Å². The predicted octanol–water partition coefficient (Wildman–Crippen LogP) is 2.98. The summed E-state index contributed by atoms with van der Waals surface area (Å²) in [5.74, 6) is 0.563. The van der Waals surface area contributed by atoms with E-state index < -0.39 is 12.0 Å². The minimum atomic E-state index is -0.663. The van der Waals surface area contributed by atoms with Gasteiger partial charge < -0.3 is 14.2 Å². The van der Waals surface area contributed by atoms with Crippen molar-refractivity contribution in [3.63, 3.8) is 0 Å². The summed E-state index contributed by atoms with van der Waals surface area (Å²) in [5.41, 5.74) is 2.06. The standard InChI is InChI=1S/C26H24N2O5S/c1-5-14-33-25(30)21-16(2)27-26-28(22(21)17-10-7-6-8-11-17)24(29)20(34-26)15-18-12-9-13-19(31-3)23(18)32-4/h5-13,15,22H,1,14H2,2-4H3/b20-15+. The molecule has 0 spiro atoms. The van der Waals surface area contributed by atoms with Crippen LogP contribution in [0.2, 0.25) is 0 Å². The highest BCUT2D eigenvalue weighted by molar-refractivity contribution is 7.07. The van der Waals surface area contributed by atoms with Crippen LogP contribution in [0.4, 0.5) is 0 Å². The van der Waals surface area contributed by atoms with Gasteiger partial charge in [-0.05, 0) is 24.6 Å². The molecule has 4 rings (SSSR count). The van der Waals surface area contributed by atoms with E-state index in [9.17, 15) is 9.59 Å². The number of hydrogen-bond acceptors (Lipinski definition) is 7. The molecular formula is C26H24N2O5S. The second-order valence-electron chi connectivity index (χ2n) is 7.46. The minimum absolute atomic E-state index is 0.0666. The van der Waals surface area contributed by atoms with Gasteiger partial charge in [0.1, 0.15) is 6.61 Å². The van der Waals surface area contributed by atoms with Crippen molar-refractivity contribution in [2.24, 2.45) is 4.99 Å². The number of benzene rings is 2. The number of carbonyl (C=O) groups is 1. The lowest BCUT2D eigenvalue weighted by Gasteiger charge is -2.24. The van der Waals surface area contributed by atoms with Crippen molar-refractivity contribution in [3.05, 3.63) is 103 Å². The normalized spacial score (nSPS) is 15.4. The Hall–Kier alpha value is -3.91. The average molecular weight is 477 g/mol. The maximum atomic E-state index is 13.7. The van der Waals surface area contributed by atoms with Crippen LogP contribution in [0.5, 0.6) is 11.5 Å². The van der Waals surface area contributed by atoms with E-state index in [1.807, 2.05) is 42.5 Å². The highest BCUT2D eigenvalue weighted by Gasteiger charge is 2.33. The molecule has 0 radical (unpaired) electrons. The third kappa shape index (κ3) is 4.20. The summed E-state index contributed by atoms with van der Waals surface area (Å²) < 4.78 is 18.2. The lowest BCUT2D eigenvalue weighted by Crippen LogP contribution is -2.39. The number of aromatic nitrogens is 1. The van der Waals surface area contributed by atoms with Crippen LogP contribution in [0.1, 0.15) is 24.1 Å². The number of methoxy groups -OCH3 is 2. The Morgan fingerprint density at radius 2 is 1.91 bits per heavy atom. The first-order chi connectivity index (χ1) is 16.5. The highest BCUT2D eigenvalue weighted by atomic mass is 32.1. The second-order valence-corrected chi connectivity index (χ2v) is 8.47. The fourth-order valence-corrected chi connectivity index (χ4v) is 4.95. The van der Waals surface area contributed by atoms with Crippen LogP contribution in [-0.4, -0.2) is 31.4 Å². The molecular weight excluding hydrogens is 452 g/mol. The Kier molecular flexibility index (Phi) is 6.79. The fraction of sp³-hybridized carbons (Fsp3) is 0.192. The Labute approximate surface area is 200 Å². The van der Waals surface area contributed by atoms with Gasteiger partial charge in [0.2, 0.25) is 0 Å². The summed E-state index contributed by atoms with van der Waals surface area (Å²) in [5, 5.41) is 0. The number of rotatable bonds is 7. The number of fused-ring (bicyclic) bond motifs is 1. The quantitative estimate of drug-likeness (QED) is 0.387. The Morgan fingerprint density at radius 1 is 1.15 bits per heavy atom. The number of allylic oxidation sites excluding steroid dienone is 1. The van der Waals surface area contributed by atoms with Gasteiger partial charge in [-0.1, -0.05) is 66.5 Å². The van der Waals surface area contributed by atoms with Crippen molar-refractivity contribution in [2.75, 3.05) is 20.8 Å². The first-order valence-electron chi connectivity index (χ1n) is 10.6. The maximum absolute atomic E-state index is 13.7. The minimum Gasteiger partial charge on any atom is -0.493 e. The molecule has 1 aromatic heterocycles. The summed E-state index contributed by atoms with van der Waals surface area (Å²) in [6, 6.07) is 14.2. The lowest BCUT2D eigenvalue weighted by atomic mass is 9.96. The monoisotopic (exact) mass is 476 g/mol. The molecule has 3 aromatic rings. The molecule has 0 fully saturated rings. The number of carbonyl (C=O) groups excluding carboxylic acids is 1. The zero-order chi connectivity index (χ0) is 24.2. The van der Waals surface area contributed by atoms with Gasteiger partial charge in [-0.2, -0.15) is 0 Å². The van der Waals surface area contributed by atoms with Crippen LogP contribution in [0.25, 0.3) is 6.08 Å². The van der Waals surface area contributed by atoms with Crippen molar-refractivity contribution in [1.29, 1.82) is 0 Å². The second kappa shape index (κ2) is 9.93. The molecule has 7 nitrogen and oxygen atoms in total. The first-order valence-corrected chi connectivity index (χ1v) is 11.4. The lowest BCUT2D eigenvalue weighted by molar-refractivity contribution is -0.138. The number of para-hydroxylation sites is 1. The summed E-state index contributed by atoms with van der Waals surface area (Å²) in [6.45, 7) is 5.42. The van der Waals surface area contributed by atoms with E-state index >= 15 is 0 Å². The van der Waals surface area contributed by atoms with E-state index in [1.54, 1.807) is 37.9 Å². The molecule has 1 aliphatic heterocycles. The van der Waals surface area contributed by atoms with Gasteiger partial charge in [0.25, 0.3) is 5.56 Å². The van der Waals surface area contributed by atoms with Crippen LogP contribution in [0.15, 0.2) is 82.2 Å². The Morgan fingerprint density at radius 3 is 2.59 bits per heavy atom. The molecule has 0 aliphatic carbocycles. The fourth-order valence-electron chi connectivity index (χ4n) is 3.91. The van der Waals surface area contributed by atoms with E-state index in [0.29, 0.717) is 37.7 Å². The zero-order valence-corrected chi connectivity index (χ0v) is 19.9. The summed E-state index contributed by atoms with van der Waals surface area (Å²) in [6.07, 6.45) is 3.25. The van der Waals surface area contributed by atoms with E-state index in [4.69, 9.17) is 14.2 Å². The van der Waals surface area contributed by atoms with Crippen molar-refractivity contribution < 1.29 is 19.0 Å². The topological polar surface area (TPSA) is 79.1 Å². The van der Waals surface area contributed by atoms with Gasteiger partial charge in [-0.3, -0.25) is 9.36 Å². The van der Waals surface area contributed by atoms with Crippen molar-refractivity contribution in [1.82, 2.24) is 4.57 Å². The molecule has 0 N–H and O–H groups in total. The number of nitrogens with zero attached hydrogens (tertiary/aromatic N) is 2. The molecule has 2 heterocycles. The van der Waals surface area contributed by atoms with E-state index in [1.165, 1.54) is 17.4 Å². The van der Waals surface area contributed by atoms with Gasteiger partial charge >= 0.3 is 5.97 Å². The number of esters is 1. The third-order valence-corrected chi connectivity index (χ3v) is 6.39. The van der Waals surface area contributed by atoms with Crippen LogP contribution >= 0.6 is 11.3 Å². The molecule has 1 aliphatic rings. The highest BCUT2D eigenvalue weighted by Crippen LogP contribution is 2.32. The van der Waals surface area contributed by atoms with Crippen LogP contribution in [0, 0.1) is 0 Å². The molecule has 0 bridgehead atoms. The van der Waals surface area contributed by atoms with Gasteiger partial charge in [0.05, 0.1) is 36.1 Å². The zero-order valence-electron chi connectivity index (χ0n) is 19.1. The molecule has 1 atom stereocenters. The van der Waals surface area contributed by atoms with Gasteiger partial charge in [0.15, 0.2) is 16.3 Å². The molecule has 0 amide bonds. The number of ether oxygens (including phenoxy) is 3. The molecule has 8 heteroatoms.